The lowest BCUT2D eigenvalue weighted by Gasteiger charge is -2.44. The Labute approximate surface area is 531 Å². The quantitative estimate of drug-likeness (QED) is 0.0284. The SMILES string of the molecule is CCCNC(=O)C(C)(C)CC(C)(C)OCC(COC(C)(C)CC(C)(C)C(=O)NCCN)(COC(C)(C)CC(C)(C)C(=O)NCC(C)(C)CC(C)(C)COC1OC(CO)C(O)C(O)C1NC(C)=O)NC(=O)CCCC(=O)NC(C)(C)CC(C)(C)CC(C)(C)C. The summed E-state index contributed by atoms with van der Waals surface area (Å²) in [4.78, 5) is 81.5. The van der Waals surface area contributed by atoms with E-state index in [2.05, 4.69) is 66.5 Å². The van der Waals surface area contributed by atoms with Crippen LogP contribution in [0, 0.1) is 37.9 Å². The van der Waals surface area contributed by atoms with Gasteiger partial charge in [0.15, 0.2) is 6.29 Å². The van der Waals surface area contributed by atoms with Crippen LogP contribution in [0.15, 0.2) is 0 Å². The maximum Gasteiger partial charge on any atom is 0.225 e. The van der Waals surface area contributed by atoms with Gasteiger partial charge in [0.2, 0.25) is 35.4 Å². The highest BCUT2D eigenvalue weighted by Crippen LogP contribution is 2.41. The van der Waals surface area contributed by atoms with E-state index < -0.39 is 98.1 Å². The van der Waals surface area contributed by atoms with Crippen molar-refractivity contribution in [3.05, 3.63) is 0 Å². The smallest absolute Gasteiger partial charge is 0.225 e. The molecule has 0 radical (unpaired) electrons. The predicted molar refractivity (Wildman–Crippen MR) is 347 cm³/mol. The lowest BCUT2D eigenvalue weighted by atomic mass is 9.70. The number of carbonyl (C=O) groups is 6. The van der Waals surface area contributed by atoms with Crippen LogP contribution in [0.2, 0.25) is 0 Å². The predicted octanol–water partition coefficient (Wildman–Crippen LogP) is 7.51. The molecule has 6 unspecified atom stereocenters. The first-order valence-corrected chi connectivity index (χ1v) is 32.2. The maximum absolute atomic E-state index is 14.6. The first kappa shape index (κ1) is 82.5. The van der Waals surface area contributed by atoms with Gasteiger partial charge in [-0.05, 0) is 128 Å². The van der Waals surface area contributed by atoms with Crippen molar-refractivity contribution in [1.29, 1.82) is 0 Å². The van der Waals surface area contributed by atoms with Crippen LogP contribution < -0.4 is 37.6 Å². The number of carbonyl (C=O) groups excluding carboxylic acids is 6. The van der Waals surface area contributed by atoms with E-state index in [-0.39, 0.29) is 105 Å². The Hall–Kier alpha value is -3.54. The van der Waals surface area contributed by atoms with Crippen molar-refractivity contribution in [3.8, 4) is 0 Å². The molecule has 1 aliphatic rings. The molecule has 0 aromatic rings. The highest BCUT2D eigenvalue weighted by atomic mass is 16.7. The third-order valence-electron chi connectivity index (χ3n) is 15.8. The molecule has 6 atom stereocenters. The fourth-order valence-corrected chi connectivity index (χ4v) is 13.6. The van der Waals surface area contributed by atoms with Crippen molar-refractivity contribution < 1.29 is 67.8 Å². The van der Waals surface area contributed by atoms with Crippen molar-refractivity contribution in [2.24, 2.45) is 43.6 Å². The molecule has 1 aliphatic heterocycles. The number of amides is 6. The lowest BCUT2D eigenvalue weighted by molar-refractivity contribution is -0.276. The minimum absolute atomic E-state index is 0.0117. The largest absolute Gasteiger partial charge is 0.394 e. The van der Waals surface area contributed by atoms with E-state index in [1.165, 1.54) is 6.92 Å². The number of nitrogens with one attached hydrogen (secondary N) is 6. The second-order valence-electron chi connectivity index (χ2n) is 33.8. The monoisotopic (exact) mass is 1260 g/mol. The van der Waals surface area contributed by atoms with Gasteiger partial charge < -0.3 is 76.6 Å². The fraction of sp³-hybridized carbons (Fsp3) is 0.910. The molecule has 0 saturated carbocycles. The van der Waals surface area contributed by atoms with E-state index >= 15 is 0 Å². The Kier molecular flexibility index (Phi) is 30.8. The molecule has 1 fully saturated rings. The summed E-state index contributed by atoms with van der Waals surface area (Å²) in [6.45, 7) is 49.4. The molecule has 11 N–H and O–H groups in total. The maximum atomic E-state index is 14.6. The van der Waals surface area contributed by atoms with E-state index in [0.717, 1.165) is 19.3 Å². The second kappa shape index (κ2) is 32.8. The van der Waals surface area contributed by atoms with Crippen molar-refractivity contribution in [1.82, 2.24) is 31.9 Å². The zero-order valence-corrected chi connectivity index (χ0v) is 59.7. The molecule has 1 saturated heterocycles. The molecule has 0 aliphatic carbocycles. The normalized spacial score (nSPS) is 19.5. The highest BCUT2D eigenvalue weighted by Gasteiger charge is 2.48. The molecule has 1 heterocycles. The van der Waals surface area contributed by atoms with Gasteiger partial charge in [-0.3, -0.25) is 28.8 Å². The Morgan fingerprint density at radius 2 is 0.955 bits per heavy atom. The van der Waals surface area contributed by atoms with Crippen molar-refractivity contribution in [3.63, 3.8) is 0 Å². The van der Waals surface area contributed by atoms with E-state index in [4.69, 9.17) is 29.4 Å². The summed E-state index contributed by atoms with van der Waals surface area (Å²) in [6.07, 6.45) is -0.933. The van der Waals surface area contributed by atoms with Crippen LogP contribution in [0.3, 0.4) is 0 Å². The molecule has 88 heavy (non-hydrogen) atoms. The molecule has 0 bridgehead atoms. The van der Waals surface area contributed by atoms with Crippen LogP contribution in [0.5, 0.6) is 0 Å². The zero-order chi connectivity index (χ0) is 68.6. The van der Waals surface area contributed by atoms with E-state index in [9.17, 15) is 44.1 Å². The van der Waals surface area contributed by atoms with Gasteiger partial charge in [0.05, 0.1) is 49.8 Å². The minimum Gasteiger partial charge on any atom is -0.394 e. The molecule has 6 amide bonds. The molecule has 21 nitrogen and oxygen atoms in total. The van der Waals surface area contributed by atoms with Crippen LogP contribution in [0.25, 0.3) is 0 Å². The van der Waals surface area contributed by atoms with Crippen LogP contribution in [-0.4, -0.2) is 169 Å². The summed E-state index contributed by atoms with van der Waals surface area (Å²) in [5, 5.41) is 49.3. The van der Waals surface area contributed by atoms with Gasteiger partial charge in [0, 0.05) is 67.7 Å². The Morgan fingerprint density at radius 3 is 1.36 bits per heavy atom. The molecular formula is C67H129N7O14. The zero-order valence-electron chi connectivity index (χ0n) is 59.7. The Morgan fingerprint density at radius 1 is 0.523 bits per heavy atom. The van der Waals surface area contributed by atoms with Gasteiger partial charge in [-0.15, -0.1) is 0 Å². The molecule has 516 valence electrons. The van der Waals surface area contributed by atoms with Crippen molar-refractivity contribution in [2.45, 2.75) is 296 Å². The van der Waals surface area contributed by atoms with Gasteiger partial charge >= 0.3 is 0 Å². The number of aliphatic hydroxyl groups is 3. The number of rotatable bonds is 40. The van der Waals surface area contributed by atoms with Crippen LogP contribution >= 0.6 is 0 Å². The lowest BCUT2D eigenvalue weighted by Crippen LogP contribution is -2.64. The summed E-state index contributed by atoms with van der Waals surface area (Å²) in [5.41, 5.74) is -2.71. The van der Waals surface area contributed by atoms with E-state index in [1.807, 2.05) is 132 Å². The van der Waals surface area contributed by atoms with E-state index in [0.29, 0.717) is 32.5 Å². The molecule has 0 spiro atoms. The third kappa shape index (κ3) is 30.7. The van der Waals surface area contributed by atoms with Gasteiger partial charge in [0.1, 0.15) is 29.9 Å². The number of hydrogen-bond acceptors (Lipinski definition) is 15. The van der Waals surface area contributed by atoms with Gasteiger partial charge in [0.25, 0.3) is 0 Å². The van der Waals surface area contributed by atoms with Crippen LogP contribution in [-0.2, 0) is 52.5 Å². The van der Waals surface area contributed by atoms with Gasteiger partial charge in [-0.1, -0.05) is 111 Å². The first-order valence-electron chi connectivity index (χ1n) is 32.2. The molecule has 0 aromatic heterocycles. The number of nitrogens with two attached hydrogens (primary N) is 1. The summed E-state index contributed by atoms with van der Waals surface area (Å²) >= 11 is 0. The number of ether oxygens (including phenoxy) is 5. The van der Waals surface area contributed by atoms with Crippen molar-refractivity contribution >= 4 is 35.4 Å². The fourth-order valence-electron chi connectivity index (χ4n) is 13.6. The molecule has 1 rings (SSSR count). The average molecular weight is 1260 g/mol. The highest BCUT2D eigenvalue weighted by molar-refractivity contribution is 5.83. The van der Waals surface area contributed by atoms with Gasteiger partial charge in [-0.2, -0.15) is 0 Å². The van der Waals surface area contributed by atoms with Crippen LogP contribution in [0.1, 0.15) is 237 Å². The van der Waals surface area contributed by atoms with Crippen molar-refractivity contribution in [2.75, 3.05) is 59.2 Å². The standard InChI is InChI=1S/C67H129N7O14/c1-26-31-69-53(81)60(12,13)37-64(20,21)85-42-67(43-86-65(22,23)38-61(14,15)54(82)70-32-30-68,74-48(78)29-27-28-47(77)73-63(18,19)36-57(6,7)34-56(3,4)5)44-87-66(24,25)39-62(16,17)55(83)71-40-58(8,9)35-59(10,11)41-84-52-49(72-45(2)76)51(80)50(79)46(33-75)88-52/h46,49-52,75,79-80H,26-44,68H2,1-25H3,(H,69,81)(H,70,82)(H,71,83)(H,72,76)(H,73,77)(H,74,78). The third-order valence-corrected chi connectivity index (χ3v) is 15.8. The molecular weight excluding hydrogens is 1130 g/mol. The number of hydrogen-bond donors (Lipinski definition) is 10. The number of aliphatic hydroxyl groups excluding tert-OH is 3. The summed E-state index contributed by atoms with van der Waals surface area (Å²) < 4.78 is 32.6. The Balaban J connectivity index is 3.67. The summed E-state index contributed by atoms with van der Waals surface area (Å²) in [6, 6.07) is -1.08. The minimum atomic E-state index is -1.45. The molecule has 0 aromatic carbocycles. The molecule has 21 heteroatoms. The van der Waals surface area contributed by atoms with E-state index in [1.54, 1.807) is 0 Å². The topological polar surface area (TPSA) is 307 Å². The van der Waals surface area contributed by atoms with Crippen LogP contribution in [0.4, 0.5) is 0 Å². The average Bonchev–Trinajstić information content (AvgIpc) is 1.25. The Bertz CT molecular complexity index is 2180. The second-order valence-corrected chi connectivity index (χ2v) is 33.8. The summed E-state index contributed by atoms with van der Waals surface area (Å²) in [5.74, 6) is -1.51. The summed E-state index contributed by atoms with van der Waals surface area (Å²) in [7, 11) is 0. The van der Waals surface area contributed by atoms with Gasteiger partial charge in [-0.25, -0.2) is 0 Å². The first-order chi connectivity index (χ1) is 39.6.